The summed E-state index contributed by atoms with van der Waals surface area (Å²) in [5, 5.41) is 9.22. The predicted molar refractivity (Wildman–Crippen MR) is 59.9 cm³/mol. The number of carbonyl (C=O) groups excluding carboxylic acids is 1. The molecule has 5 heteroatoms. The van der Waals surface area contributed by atoms with Crippen LogP contribution in [0.25, 0.3) is 0 Å². The number of nitrogens with two attached hydrogens (primary N) is 1. The van der Waals surface area contributed by atoms with Crippen LogP contribution in [-0.4, -0.2) is 18.5 Å². The van der Waals surface area contributed by atoms with Gasteiger partial charge in [-0.1, -0.05) is 18.2 Å². The second-order valence-electron chi connectivity index (χ2n) is 2.92. The first kappa shape index (κ1) is 11.0. The lowest BCUT2D eigenvalue weighted by Crippen LogP contribution is -2.45. The van der Waals surface area contributed by atoms with Gasteiger partial charge in [0.05, 0.1) is 0 Å². The van der Waals surface area contributed by atoms with Crippen molar-refractivity contribution in [1.82, 2.24) is 5.32 Å². The molecule has 0 radical (unpaired) electrons. The van der Waals surface area contributed by atoms with Crippen LogP contribution in [0.5, 0.6) is 0 Å². The number of guanidine groups is 1. The molecule has 0 fully saturated rings. The van der Waals surface area contributed by atoms with Gasteiger partial charge in [0.1, 0.15) is 0 Å². The van der Waals surface area contributed by atoms with E-state index in [4.69, 9.17) is 11.1 Å². The van der Waals surface area contributed by atoms with Crippen molar-refractivity contribution in [2.24, 2.45) is 5.73 Å². The molecule has 5 nitrogen and oxygen atoms in total. The average molecular weight is 206 g/mol. The Bertz CT molecular complexity index is 350. The fourth-order valence-corrected chi connectivity index (χ4v) is 1.23. The number of para-hydroxylation sites is 1. The third kappa shape index (κ3) is 2.98. The van der Waals surface area contributed by atoms with Gasteiger partial charge in [-0.05, 0) is 19.1 Å². The van der Waals surface area contributed by atoms with Gasteiger partial charge >= 0.3 is 6.03 Å². The Morgan fingerprint density at radius 2 is 2.07 bits per heavy atom. The second kappa shape index (κ2) is 4.99. The fourth-order valence-electron chi connectivity index (χ4n) is 1.23. The number of hydrogen-bond acceptors (Lipinski definition) is 2. The minimum atomic E-state index is -0.392. The molecule has 0 aliphatic rings. The Kier molecular flexibility index (Phi) is 3.68. The highest BCUT2D eigenvalue weighted by Gasteiger charge is 2.13. The van der Waals surface area contributed by atoms with Crippen molar-refractivity contribution >= 4 is 17.7 Å². The Hall–Kier alpha value is -2.04. The van der Waals surface area contributed by atoms with E-state index in [1.807, 2.05) is 37.3 Å². The van der Waals surface area contributed by atoms with Gasteiger partial charge in [-0.2, -0.15) is 0 Å². The van der Waals surface area contributed by atoms with Crippen LogP contribution in [0.4, 0.5) is 10.5 Å². The molecule has 0 unspecified atom stereocenters. The van der Waals surface area contributed by atoms with Crippen LogP contribution >= 0.6 is 0 Å². The molecular weight excluding hydrogens is 192 g/mol. The van der Waals surface area contributed by atoms with Crippen molar-refractivity contribution < 1.29 is 4.79 Å². The summed E-state index contributed by atoms with van der Waals surface area (Å²) in [5.74, 6) is -0.352. The molecule has 1 rings (SSSR count). The molecular formula is C10H14N4O. The topological polar surface area (TPSA) is 82.2 Å². The van der Waals surface area contributed by atoms with E-state index >= 15 is 0 Å². The van der Waals surface area contributed by atoms with Gasteiger partial charge in [-0.15, -0.1) is 0 Å². The van der Waals surface area contributed by atoms with E-state index in [1.54, 1.807) is 0 Å². The Morgan fingerprint density at radius 1 is 1.47 bits per heavy atom. The lowest BCUT2D eigenvalue weighted by Gasteiger charge is -2.20. The summed E-state index contributed by atoms with van der Waals surface area (Å²) >= 11 is 0. The van der Waals surface area contributed by atoms with E-state index in [0.717, 1.165) is 5.69 Å². The van der Waals surface area contributed by atoms with Crippen molar-refractivity contribution in [3.63, 3.8) is 0 Å². The summed E-state index contributed by atoms with van der Waals surface area (Å²) in [4.78, 5) is 13.1. The molecule has 1 aromatic carbocycles. The largest absolute Gasteiger partial charge is 0.370 e. The van der Waals surface area contributed by atoms with E-state index in [-0.39, 0.29) is 5.96 Å². The SMILES string of the molecule is CCN(C(=O)NC(=N)N)c1ccccc1. The molecule has 0 aliphatic heterocycles. The molecule has 0 heterocycles. The summed E-state index contributed by atoms with van der Waals surface area (Å²) < 4.78 is 0. The number of amides is 2. The van der Waals surface area contributed by atoms with Gasteiger partial charge < -0.3 is 5.73 Å². The van der Waals surface area contributed by atoms with E-state index < -0.39 is 6.03 Å². The molecule has 0 saturated carbocycles. The maximum absolute atomic E-state index is 11.6. The van der Waals surface area contributed by atoms with Gasteiger partial charge in [0.2, 0.25) is 0 Å². The highest BCUT2D eigenvalue weighted by Crippen LogP contribution is 2.12. The standard InChI is InChI=1S/C10H14N4O/c1-2-14(10(15)13-9(11)12)8-6-4-3-5-7-8/h3-7H,2H2,1H3,(H4,11,12,13,15). The van der Waals surface area contributed by atoms with Gasteiger partial charge in [-0.25, -0.2) is 4.79 Å². The van der Waals surface area contributed by atoms with Gasteiger partial charge in [0, 0.05) is 12.2 Å². The molecule has 0 spiro atoms. The molecule has 80 valence electrons. The third-order valence-electron chi connectivity index (χ3n) is 1.87. The number of benzene rings is 1. The lowest BCUT2D eigenvalue weighted by molar-refractivity contribution is 0.250. The van der Waals surface area contributed by atoms with Gasteiger partial charge in [0.25, 0.3) is 0 Å². The van der Waals surface area contributed by atoms with Crippen LogP contribution in [0.3, 0.4) is 0 Å². The minimum absolute atomic E-state index is 0.352. The quantitative estimate of drug-likeness (QED) is 0.500. The van der Waals surface area contributed by atoms with Crippen LogP contribution in [0.15, 0.2) is 30.3 Å². The first-order valence-corrected chi connectivity index (χ1v) is 4.62. The van der Waals surface area contributed by atoms with E-state index in [2.05, 4.69) is 5.32 Å². The molecule has 2 amide bonds. The zero-order valence-corrected chi connectivity index (χ0v) is 8.53. The molecule has 0 saturated heterocycles. The number of hydrogen-bond donors (Lipinski definition) is 3. The molecule has 0 aliphatic carbocycles. The summed E-state index contributed by atoms with van der Waals surface area (Å²) in [6.45, 7) is 2.37. The van der Waals surface area contributed by atoms with Crippen molar-refractivity contribution in [2.75, 3.05) is 11.4 Å². The van der Waals surface area contributed by atoms with Crippen LogP contribution in [0, 0.1) is 5.41 Å². The average Bonchev–Trinajstić information content (AvgIpc) is 2.19. The van der Waals surface area contributed by atoms with Gasteiger partial charge in [0.15, 0.2) is 5.96 Å². The number of nitrogens with zero attached hydrogens (tertiary/aromatic N) is 1. The lowest BCUT2D eigenvalue weighted by atomic mass is 10.3. The van der Waals surface area contributed by atoms with Crippen LogP contribution in [-0.2, 0) is 0 Å². The number of carbonyl (C=O) groups is 1. The summed E-state index contributed by atoms with van der Waals surface area (Å²) in [7, 11) is 0. The molecule has 4 N–H and O–H groups in total. The first-order chi connectivity index (χ1) is 7.15. The van der Waals surface area contributed by atoms with E-state index in [9.17, 15) is 4.79 Å². The maximum atomic E-state index is 11.6. The second-order valence-corrected chi connectivity index (χ2v) is 2.92. The number of nitrogens with one attached hydrogen (secondary N) is 2. The summed E-state index contributed by atoms with van der Waals surface area (Å²) in [6.07, 6.45) is 0. The summed E-state index contributed by atoms with van der Waals surface area (Å²) in [6, 6.07) is 8.82. The predicted octanol–water partition coefficient (Wildman–Crippen LogP) is 1.12. The smallest absolute Gasteiger partial charge is 0.328 e. The minimum Gasteiger partial charge on any atom is -0.370 e. The molecule has 0 atom stereocenters. The molecule has 1 aromatic rings. The first-order valence-electron chi connectivity index (χ1n) is 4.62. The maximum Gasteiger partial charge on any atom is 0.328 e. The highest BCUT2D eigenvalue weighted by molar-refractivity contribution is 6.02. The van der Waals surface area contributed by atoms with Crippen LogP contribution in [0.1, 0.15) is 6.92 Å². The Balaban J connectivity index is 2.80. The van der Waals surface area contributed by atoms with Crippen molar-refractivity contribution in [1.29, 1.82) is 5.41 Å². The number of anilines is 1. The molecule has 15 heavy (non-hydrogen) atoms. The van der Waals surface area contributed by atoms with Crippen LogP contribution < -0.4 is 16.0 Å². The van der Waals surface area contributed by atoms with Gasteiger partial charge in [-0.3, -0.25) is 15.6 Å². The Morgan fingerprint density at radius 3 is 2.53 bits per heavy atom. The fraction of sp³-hybridized carbons (Fsp3) is 0.200. The van der Waals surface area contributed by atoms with Crippen molar-refractivity contribution in [3.8, 4) is 0 Å². The van der Waals surface area contributed by atoms with Crippen LogP contribution in [0.2, 0.25) is 0 Å². The zero-order chi connectivity index (χ0) is 11.3. The normalized spacial score (nSPS) is 9.40. The zero-order valence-electron chi connectivity index (χ0n) is 8.53. The number of urea groups is 1. The Labute approximate surface area is 88.4 Å². The number of rotatable bonds is 2. The highest BCUT2D eigenvalue weighted by atomic mass is 16.2. The van der Waals surface area contributed by atoms with Crippen molar-refractivity contribution in [2.45, 2.75) is 6.92 Å². The molecule has 0 aromatic heterocycles. The van der Waals surface area contributed by atoms with Crippen molar-refractivity contribution in [3.05, 3.63) is 30.3 Å². The third-order valence-corrected chi connectivity index (χ3v) is 1.87. The molecule has 0 bridgehead atoms. The van der Waals surface area contributed by atoms with E-state index in [0.29, 0.717) is 6.54 Å². The van der Waals surface area contributed by atoms with E-state index in [1.165, 1.54) is 4.90 Å². The monoisotopic (exact) mass is 206 g/mol. The summed E-state index contributed by atoms with van der Waals surface area (Å²) in [5.41, 5.74) is 5.87.